The van der Waals surface area contributed by atoms with Gasteiger partial charge in [0.15, 0.2) is 6.54 Å². The molecule has 1 unspecified atom stereocenters. The predicted octanol–water partition coefficient (Wildman–Crippen LogP) is 2.13. The number of rotatable bonds is 8. The number of anilines is 1. The van der Waals surface area contributed by atoms with Crippen molar-refractivity contribution >= 4 is 17.5 Å². The maximum Gasteiger partial charge on any atom is 0.279 e. The molecular weight excluding hydrogens is 338 g/mol. The molecule has 0 aromatic heterocycles. The van der Waals surface area contributed by atoms with Crippen molar-refractivity contribution < 1.29 is 14.5 Å². The van der Waals surface area contributed by atoms with Crippen molar-refractivity contribution in [3.63, 3.8) is 0 Å². The van der Waals surface area contributed by atoms with Gasteiger partial charge in [0.05, 0.1) is 7.05 Å². The fourth-order valence-corrected chi connectivity index (χ4v) is 3.02. The van der Waals surface area contributed by atoms with Gasteiger partial charge in [0, 0.05) is 29.9 Å². The highest BCUT2D eigenvalue weighted by molar-refractivity contribution is 5.97. The fraction of sp³-hybridized carbons (Fsp3) is 0.364. The Morgan fingerprint density at radius 1 is 1.04 bits per heavy atom. The van der Waals surface area contributed by atoms with Gasteiger partial charge in [-0.3, -0.25) is 9.59 Å². The summed E-state index contributed by atoms with van der Waals surface area (Å²) in [6, 6.07) is 15.5. The summed E-state index contributed by atoms with van der Waals surface area (Å²) in [6.07, 6.45) is 0. The van der Waals surface area contributed by atoms with E-state index in [1.807, 2.05) is 27.0 Å². The SMILES string of the molecule is CCN(CC)C(=O)c1cccc(NC(=O)C[NH+](C)Cc2ccc(C)cc2)c1. The first-order valence-corrected chi connectivity index (χ1v) is 9.49. The van der Waals surface area contributed by atoms with E-state index in [2.05, 4.69) is 36.5 Å². The van der Waals surface area contributed by atoms with Gasteiger partial charge < -0.3 is 15.1 Å². The minimum Gasteiger partial charge on any atom is -0.339 e. The lowest BCUT2D eigenvalue weighted by molar-refractivity contribution is -0.885. The molecule has 5 nitrogen and oxygen atoms in total. The number of hydrogen-bond acceptors (Lipinski definition) is 2. The van der Waals surface area contributed by atoms with Gasteiger partial charge in [0.25, 0.3) is 11.8 Å². The second-order valence-corrected chi connectivity index (χ2v) is 6.90. The van der Waals surface area contributed by atoms with E-state index in [9.17, 15) is 9.59 Å². The molecule has 0 spiro atoms. The predicted molar refractivity (Wildman–Crippen MR) is 109 cm³/mol. The first-order chi connectivity index (χ1) is 12.9. The average Bonchev–Trinajstić information content (AvgIpc) is 2.64. The van der Waals surface area contributed by atoms with Crippen molar-refractivity contribution in [2.45, 2.75) is 27.3 Å². The summed E-state index contributed by atoms with van der Waals surface area (Å²) in [5, 5.41) is 2.91. The average molecular weight is 369 g/mol. The van der Waals surface area contributed by atoms with Crippen LogP contribution >= 0.6 is 0 Å². The first kappa shape index (κ1) is 20.6. The Kier molecular flexibility index (Phi) is 7.55. The number of benzene rings is 2. The summed E-state index contributed by atoms with van der Waals surface area (Å²) in [5.41, 5.74) is 3.68. The van der Waals surface area contributed by atoms with E-state index < -0.39 is 0 Å². The summed E-state index contributed by atoms with van der Waals surface area (Å²) in [5.74, 6) is -0.0785. The molecule has 0 aliphatic carbocycles. The van der Waals surface area contributed by atoms with Crippen LogP contribution in [-0.2, 0) is 11.3 Å². The van der Waals surface area contributed by atoms with Crippen LogP contribution in [0.15, 0.2) is 48.5 Å². The third-order valence-corrected chi connectivity index (χ3v) is 4.53. The molecule has 0 radical (unpaired) electrons. The maximum atomic E-state index is 12.5. The number of nitrogens with one attached hydrogen (secondary N) is 2. The zero-order valence-corrected chi connectivity index (χ0v) is 16.7. The van der Waals surface area contributed by atoms with Gasteiger partial charge in [-0.05, 0) is 39.0 Å². The molecule has 0 heterocycles. The summed E-state index contributed by atoms with van der Waals surface area (Å²) in [7, 11) is 2.00. The number of likely N-dealkylation sites (N-methyl/N-ethyl adjacent to an activating group) is 1. The smallest absolute Gasteiger partial charge is 0.279 e. The van der Waals surface area contributed by atoms with Crippen LogP contribution in [0.5, 0.6) is 0 Å². The highest BCUT2D eigenvalue weighted by Gasteiger charge is 2.14. The summed E-state index contributed by atoms with van der Waals surface area (Å²) in [6.45, 7) is 8.46. The molecule has 0 aliphatic heterocycles. The lowest BCUT2D eigenvalue weighted by Crippen LogP contribution is -3.08. The van der Waals surface area contributed by atoms with Gasteiger partial charge in [-0.25, -0.2) is 0 Å². The third kappa shape index (κ3) is 6.22. The van der Waals surface area contributed by atoms with E-state index in [-0.39, 0.29) is 11.8 Å². The van der Waals surface area contributed by atoms with Crippen LogP contribution in [0.1, 0.15) is 35.3 Å². The molecule has 0 fully saturated rings. The van der Waals surface area contributed by atoms with Crippen molar-refractivity contribution in [1.82, 2.24) is 4.90 Å². The van der Waals surface area contributed by atoms with E-state index in [0.29, 0.717) is 30.9 Å². The lowest BCUT2D eigenvalue weighted by atomic mass is 10.1. The molecule has 144 valence electrons. The minimum absolute atomic E-state index is 0.0155. The highest BCUT2D eigenvalue weighted by Crippen LogP contribution is 2.12. The Morgan fingerprint density at radius 2 is 1.70 bits per heavy atom. The number of amides is 2. The number of aryl methyl sites for hydroxylation is 1. The summed E-state index contributed by atoms with van der Waals surface area (Å²) >= 11 is 0. The van der Waals surface area contributed by atoms with E-state index >= 15 is 0 Å². The molecular formula is C22H30N3O2+. The molecule has 0 saturated carbocycles. The molecule has 2 N–H and O–H groups in total. The van der Waals surface area contributed by atoms with Crippen molar-refractivity contribution in [3.05, 3.63) is 65.2 Å². The Bertz CT molecular complexity index is 767. The second kappa shape index (κ2) is 9.88. The molecule has 0 saturated heterocycles. The number of quaternary nitrogens is 1. The van der Waals surface area contributed by atoms with Crippen molar-refractivity contribution in [2.75, 3.05) is 32.0 Å². The number of carbonyl (C=O) groups excluding carboxylic acids is 2. The van der Waals surface area contributed by atoms with Crippen LogP contribution in [0.4, 0.5) is 5.69 Å². The van der Waals surface area contributed by atoms with Crippen molar-refractivity contribution in [2.24, 2.45) is 0 Å². The van der Waals surface area contributed by atoms with Crippen LogP contribution in [0.25, 0.3) is 0 Å². The third-order valence-electron chi connectivity index (χ3n) is 4.53. The minimum atomic E-state index is -0.0629. The van der Waals surface area contributed by atoms with Crippen LogP contribution in [0.3, 0.4) is 0 Å². The van der Waals surface area contributed by atoms with Gasteiger partial charge in [-0.1, -0.05) is 35.9 Å². The fourth-order valence-electron chi connectivity index (χ4n) is 3.02. The van der Waals surface area contributed by atoms with Crippen LogP contribution in [-0.4, -0.2) is 43.4 Å². The monoisotopic (exact) mass is 368 g/mol. The zero-order chi connectivity index (χ0) is 19.8. The van der Waals surface area contributed by atoms with E-state index in [1.54, 1.807) is 23.1 Å². The molecule has 2 rings (SSSR count). The Hall–Kier alpha value is -2.66. The highest BCUT2D eigenvalue weighted by atomic mass is 16.2. The maximum absolute atomic E-state index is 12.5. The lowest BCUT2D eigenvalue weighted by Gasteiger charge is -2.19. The molecule has 27 heavy (non-hydrogen) atoms. The quantitative estimate of drug-likeness (QED) is 0.750. The van der Waals surface area contributed by atoms with Crippen LogP contribution < -0.4 is 10.2 Å². The molecule has 2 aromatic rings. The normalized spacial score (nSPS) is 11.7. The molecule has 1 atom stereocenters. The van der Waals surface area contributed by atoms with E-state index in [0.717, 1.165) is 11.4 Å². The first-order valence-electron chi connectivity index (χ1n) is 9.49. The van der Waals surface area contributed by atoms with Crippen molar-refractivity contribution in [1.29, 1.82) is 0 Å². The topological polar surface area (TPSA) is 53.9 Å². The van der Waals surface area contributed by atoms with Gasteiger partial charge in [-0.2, -0.15) is 0 Å². The number of nitrogens with zero attached hydrogens (tertiary/aromatic N) is 1. The molecule has 5 heteroatoms. The van der Waals surface area contributed by atoms with Crippen LogP contribution in [0.2, 0.25) is 0 Å². The molecule has 2 aromatic carbocycles. The number of hydrogen-bond donors (Lipinski definition) is 2. The van der Waals surface area contributed by atoms with Gasteiger partial charge in [0.2, 0.25) is 0 Å². The molecule has 0 aliphatic rings. The summed E-state index contributed by atoms with van der Waals surface area (Å²) in [4.78, 5) is 27.7. The van der Waals surface area contributed by atoms with E-state index in [4.69, 9.17) is 0 Å². The largest absolute Gasteiger partial charge is 0.339 e. The zero-order valence-electron chi connectivity index (χ0n) is 16.7. The molecule has 0 bridgehead atoms. The van der Waals surface area contributed by atoms with Gasteiger partial charge >= 0.3 is 0 Å². The Labute approximate surface area is 162 Å². The van der Waals surface area contributed by atoms with Crippen molar-refractivity contribution in [3.8, 4) is 0 Å². The number of carbonyl (C=O) groups is 2. The van der Waals surface area contributed by atoms with Gasteiger partial charge in [0.1, 0.15) is 6.54 Å². The van der Waals surface area contributed by atoms with E-state index in [1.165, 1.54) is 11.1 Å². The standard InChI is InChI=1S/C22H29N3O2/c1-5-25(6-2)22(27)19-8-7-9-20(14-19)23-21(26)16-24(4)15-18-12-10-17(3)11-13-18/h7-14H,5-6,15-16H2,1-4H3,(H,23,26)/p+1. The van der Waals surface area contributed by atoms with Gasteiger partial charge in [-0.15, -0.1) is 0 Å². The second-order valence-electron chi connectivity index (χ2n) is 6.90. The van der Waals surface area contributed by atoms with Crippen LogP contribution in [0, 0.1) is 6.92 Å². The molecule has 2 amide bonds. The summed E-state index contributed by atoms with van der Waals surface area (Å²) < 4.78 is 0. The Balaban J connectivity index is 1.94. The Morgan fingerprint density at radius 3 is 2.33 bits per heavy atom.